The van der Waals surface area contributed by atoms with E-state index in [1.54, 1.807) is 23.5 Å². The molecule has 1 heterocycles. The predicted molar refractivity (Wildman–Crippen MR) is 82.9 cm³/mol. The highest BCUT2D eigenvalue weighted by atomic mass is 32.2. The number of benzene rings is 1. The van der Waals surface area contributed by atoms with Gasteiger partial charge in [0, 0.05) is 39.8 Å². The van der Waals surface area contributed by atoms with Crippen LogP contribution in [0.5, 0.6) is 0 Å². The molecule has 1 aliphatic rings. The number of methoxy groups -OCH3 is 1. The van der Waals surface area contributed by atoms with Crippen LogP contribution in [-0.4, -0.2) is 64.1 Å². The maximum Gasteiger partial charge on any atom is 0.243 e. The molecule has 0 radical (unpaired) electrons. The summed E-state index contributed by atoms with van der Waals surface area (Å²) < 4.78 is 31.8. The summed E-state index contributed by atoms with van der Waals surface area (Å²) in [7, 11) is -1.67. The molecule has 0 spiro atoms. The van der Waals surface area contributed by atoms with E-state index in [0.29, 0.717) is 24.6 Å². The zero-order valence-corrected chi connectivity index (χ0v) is 13.6. The van der Waals surface area contributed by atoms with Crippen molar-refractivity contribution in [1.29, 1.82) is 0 Å². The van der Waals surface area contributed by atoms with Crippen molar-refractivity contribution in [2.75, 3.05) is 46.4 Å². The number of hydrogen-bond acceptors (Lipinski definition) is 4. The zero-order valence-electron chi connectivity index (χ0n) is 12.8. The Bertz CT molecular complexity index is 535. The van der Waals surface area contributed by atoms with Gasteiger partial charge >= 0.3 is 0 Å². The van der Waals surface area contributed by atoms with Crippen molar-refractivity contribution in [1.82, 2.24) is 9.21 Å². The number of hydrogen-bond donors (Lipinski definition) is 0. The highest BCUT2D eigenvalue weighted by molar-refractivity contribution is 7.89. The number of sulfonamides is 1. The smallest absolute Gasteiger partial charge is 0.243 e. The van der Waals surface area contributed by atoms with Crippen LogP contribution in [-0.2, 0) is 21.2 Å². The van der Waals surface area contributed by atoms with Crippen LogP contribution < -0.4 is 0 Å². The van der Waals surface area contributed by atoms with E-state index in [4.69, 9.17) is 4.74 Å². The Labute approximate surface area is 127 Å². The predicted octanol–water partition coefficient (Wildman–Crippen LogP) is 1.20. The van der Waals surface area contributed by atoms with Crippen molar-refractivity contribution in [3.63, 3.8) is 0 Å². The van der Waals surface area contributed by atoms with Crippen LogP contribution in [0.1, 0.15) is 12.5 Å². The van der Waals surface area contributed by atoms with E-state index in [9.17, 15) is 8.42 Å². The molecule has 1 aromatic carbocycles. The quantitative estimate of drug-likeness (QED) is 0.792. The summed E-state index contributed by atoms with van der Waals surface area (Å²) in [5.41, 5.74) is 1.15. The van der Waals surface area contributed by atoms with E-state index >= 15 is 0 Å². The molecule has 0 saturated carbocycles. The molecule has 0 aromatic heterocycles. The van der Waals surface area contributed by atoms with E-state index in [-0.39, 0.29) is 0 Å². The summed E-state index contributed by atoms with van der Waals surface area (Å²) >= 11 is 0. The van der Waals surface area contributed by atoms with Gasteiger partial charge in [0.25, 0.3) is 0 Å². The third-order valence-electron chi connectivity index (χ3n) is 3.91. The maximum absolute atomic E-state index is 12.6. The van der Waals surface area contributed by atoms with E-state index in [0.717, 1.165) is 31.6 Å². The lowest BCUT2D eigenvalue weighted by Gasteiger charge is -2.33. The molecule has 0 aliphatic carbocycles. The summed E-state index contributed by atoms with van der Waals surface area (Å²) in [5.74, 6) is 0. The summed E-state index contributed by atoms with van der Waals surface area (Å²) in [5, 5.41) is 0. The fourth-order valence-corrected chi connectivity index (χ4v) is 3.88. The van der Waals surface area contributed by atoms with Gasteiger partial charge < -0.3 is 4.74 Å². The van der Waals surface area contributed by atoms with Crippen LogP contribution in [0, 0.1) is 0 Å². The van der Waals surface area contributed by atoms with Crippen LogP contribution in [0.4, 0.5) is 0 Å². The Hall–Kier alpha value is -0.950. The van der Waals surface area contributed by atoms with Gasteiger partial charge in [-0.3, -0.25) is 4.90 Å². The molecule has 1 fully saturated rings. The largest absolute Gasteiger partial charge is 0.383 e. The zero-order chi connectivity index (χ0) is 15.3. The lowest BCUT2D eigenvalue weighted by Crippen LogP contribution is -2.49. The van der Waals surface area contributed by atoms with Gasteiger partial charge in [0.05, 0.1) is 11.5 Å². The first-order valence-corrected chi connectivity index (χ1v) is 8.82. The van der Waals surface area contributed by atoms with E-state index in [1.807, 2.05) is 12.1 Å². The van der Waals surface area contributed by atoms with Crippen molar-refractivity contribution in [3.8, 4) is 0 Å². The van der Waals surface area contributed by atoms with Crippen molar-refractivity contribution >= 4 is 10.0 Å². The summed E-state index contributed by atoms with van der Waals surface area (Å²) in [6, 6.07) is 7.21. The van der Waals surface area contributed by atoms with Crippen LogP contribution in [0.2, 0.25) is 0 Å². The Morgan fingerprint density at radius 1 is 1.10 bits per heavy atom. The van der Waals surface area contributed by atoms with Crippen molar-refractivity contribution in [3.05, 3.63) is 29.8 Å². The molecule has 2 rings (SSSR count). The molecular weight excluding hydrogens is 288 g/mol. The van der Waals surface area contributed by atoms with E-state index < -0.39 is 10.0 Å². The molecule has 1 saturated heterocycles. The molecule has 5 nitrogen and oxygen atoms in total. The summed E-state index contributed by atoms with van der Waals surface area (Å²) in [4.78, 5) is 2.63. The first-order chi connectivity index (χ1) is 10.1. The second-order valence-corrected chi connectivity index (χ2v) is 7.17. The normalized spacial score (nSPS) is 18.0. The molecule has 118 valence electrons. The SMILES string of the molecule is CCc1ccc(S(=O)(=O)N2CCN(CCOC)CC2)cc1. The van der Waals surface area contributed by atoms with Gasteiger partial charge in [-0.05, 0) is 24.1 Å². The van der Waals surface area contributed by atoms with Crippen LogP contribution in [0.3, 0.4) is 0 Å². The minimum Gasteiger partial charge on any atom is -0.383 e. The number of nitrogens with zero attached hydrogens (tertiary/aromatic N) is 2. The molecule has 1 aromatic rings. The minimum atomic E-state index is -3.36. The topological polar surface area (TPSA) is 49.9 Å². The number of ether oxygens (including phenoxy) is 1. The first kappa shape index (κ1) is 16.4. The van der Waals surface area contributed by atoms with Gasteiger partial charge in [0.2, 0.25) is 10.0 Å². The second-order valence-electron chi connectivity index (χ2n) is 5.24. The molecule has 0 amide bonds. The fourth-order valence-electron chi connectivity index (χ4n) is 2.46. The van der Waals surface area contributed by atoms with Gasteiger partial charge in [-0.2, -0.15) is 4.31 Å². The van der Waals surface area contributed by atoms with Crippen molar-refractivity contribution < 1.29 is 13.2 Å². The average molecular weight is 312 g/mol. The number of piperazine rings is 1. The Kier molecular flexibility index (Phi) is 5.75. The second kappa shape index (κ2) is 7.35. The number of rotatable bonds is 6. The monoisotopic (exact) mass is 312 g/mol. The molecule has 6 heteroatoms. The Balaban J connectivity index is 2.00. The van der Waals surface area contributed by atoms with Crippen molar-refractivity contribution in [2.24, 2.45) is 0 Å². The van der Waals surface area contributed by atoms with Gasteiger partial charge in [0.15, 0.2) is 0 Å². The summed E-state index contributed by atoms with van der Waals surface area (Å²) in [6.07, 6.45) is 0.915. The lowest BCUT2D eigenvalue weighted by atomic mass is 10.2. The molecule has 21 heavy (non-hydrogen) atoms. The first-order valence-electron chi connectivity index (χ1n) is 7.38. The highest BCUT2D eigenvalue weighted by Crippen LogP contribution is 2.18. The van der Waals surface area contributed by atoms with Gasteiger partial charge in [-0.1, -0.05) is 19.1 Å². The molecule has 0 bridgehead atoms. The molecule has 0 N–H and O–H groups in total. The van der Waals surface area contributed by atoms with Gasteiger partial charge in [0.1, 0.15) is 0 Å². The highest BCUT2D eigenvalue weighted by Gasteiger charge is 2.28. The minimum absolute atomic E-state index is 0.394. The number of aryl methyl sites for hydroxylation is 1. The standard InChI is InChI=1S/C15H24N2O3S/c1-3-14-4-6-15(7-5-14)21(18,19)17-10-8-16(9-11-17)12-13-20-2/h4-7H,3,8-13H2,1-2H3. The van der Waals surface area contributed by atoms with Crippen LogP contribution >= 0.6 is 0 Å². The molecule has 0 atom stereocenters. The van der Waals surface area contributed by atoms with Crippen molar-refractivity contribution in [2.45, 2.75) is 18.2 Å². The third-order valence-corrected chi connectivity index (χ3v) is 5.83. The molecule has 1 aliphatic heterocycles. The van der Waals surface area contributed by atoms with Crippen LogP contribution in [0.15, 0.2) is 29.2 Å². The Morgan fingerprint density at radius 3 is 2.24 bits per heavy atom. The van der Waals surface area contributed by atoms with Gasteiger partial charge in [-0.25, -0.2) is 8.42 Å². The Morgan fingerprint density at radius 2 is 1.71 bits per heavy atom. The summed E-state index contributed by atoms with van der Waals surface area (Å²) in [6.45, 7) is 6.21. The van der Waals surface area contributed by atoms with E-state index in [1.165, 1.54) is 0 Å². The van der Waals surface area contributed by atoms with E-state index in [2.05, 4.69) is 11.8 Å². The fraction of sp³-hybridized carbons (Fsp3) is 0.600. The average Bonchev–Trinajstić information content (AvgIpc) is 2.53. The lowest BCUT2D eigenvalue weighted by molar-refractivity contribution is 0.123. The maximum atomic E-state index is 12.6. The van der Waals surface area contributed by atoms with Crippen LogP contribution in [0.25, 0.3) is 0 Å². The third kappa shape index (κ3) is 4.03. The van der Waals surface area contributed by atoms with Gasteiger partial charge in [-0.15, -0.1) is 0 Å². The molecular formula is C15H24N2O3S. The molecule has 0 unspecified atom stereocenters.